The molecule has 2 N–H and O–H groups in total. The maximum Gasteiger partial charge on any atom is 0.0637 e. The summed E-state index contributed by atoms with van der Waals surface area (Å²) in [6, 6.07) is 0.480. The van der Waals surface area contributed by atoms with Crippen molar-refractivity contribution in [3.63, 3.8) is 0 Å². The Morgan fingerprint density at radius 3 is 2.62 bits per heavy atom. The van der Waals surface area contributed by atoms with E-state index in [4.69, 9.17) is 9.84 Å². The molecule has 0 aromatic heterocycles. The fourth-order valence-electron chi connectivity index (χ4n) is 1.54. The summed E-state index contributed by atoms with van der Waals surface area (Å²) in [5.41, 5.74) is -0.0452. The Kier molecular flexibility index (Phi) is 9.41. The van der Waals surface area contributed by atoms with Crippen LogP contribution in [0.2, 0.25) is 0 Å². The molecule has 0 spiro atoms. The molecule has 0 heterocycles. The molecule has 4 heteroatoms. The highest BCUT2D eigenvalue weighted by molar-refractivity contribution is 7.99. The van der Waals surface area contributed by atoms with Gasteiger partial charge in [-0.1, -0.05) is 0 Å². The standard InChI is InChI=1S/C12H27NO2S/c1-11(10-12(2,3)15-4)13-6-9-16-8-5-7-14/h11,13-14H,5-10H2,1-4H3. The van der Waals surface area contributed by atoms with Crippen LogP contribution in [0, 0.1) is 0 Å². The predicted octanol–water partition coefficient (Wildman–Crippen LogP) is 1.90. The van der Waals surface area contributed by atoms with Gasteiger partial charge in [-0.25, -0.2) is 0 Å². The Bertz CT molecular complexity index is 165. The largest absolute Gasteiger partial charge is 0.396 e. The summed E-state index contributed by atoms with van der Waals surface area (Å²) in [6.45, 7) is 7.75. The molecule has 1 atom stereocenters. The monoisotopic (exact) mass is 249 g/mol. The number of aliphatic hydroxyl groups excluding tert-OH is 1. The smallest absolute Gasteiger partial charge is 0.0637 e. The van der Waals surface area contributed by atoms with Crippen molar-refractivity contribution in [2.45, 2.75) is 45.3 Å². The van der Waals surface area contributed by atoms with Gasteiger partial charge < -0.3 is 15.2 Å². The molecule has 0 aromatic carbocycles. The lowest BCUT2D eigenvalue weighted by molar-refractivity contribution is 0.00876. The lowest BCUT2D eigenvalue weighted by Gasteiger charge is -2.27. The fourth-order valence-corrected chi connectivity index (χ4v) is 2.34. The average Bonchev–Trinajstić information content (AvgIpc) is 2.22. The maximum atomic E-state index is 8.62. The van der Waals surface area contributed by atoms with Crippen LogP contribution >= 0.6 is 11.8 Å². The van der Waals surface area contributed by atoms with E-state index in [1.54, 1.807) is 7.11 Å². The number of aliphatic hydroxyl groups is 1. The van der Waals surface area contributed by atoms with E-state index in [2.05, 4.69) is 26.1 Å². The summed E-state index contributed by atoms with van der Waals surface area (Å²) in [7, 11) is 1.76. The van der Waals surface area contributed by atoms with Crippen LogP contribution in [0.4, 0.5) is 0 Å². The Balaban J connectivity index is 3.40. The van der Waals surface area contributed by atoms with Crippen LogP contribution in [-0.2, 0) is 4.74 Å². The highest BCUT2D eigenvalue weighted by Gasteiger charge is 2.19. The van der Waals surface area contributed by atoms with E-state index in [-0.39, 0.29) is 5.60 Å². The van der Waals surface area contributed by atoms with Crippen molar-refractivity contribution < 1.29 is 9.84 Å². The fraction of sp³-hybridized carbons (Fsp3) is 1.00. The minimum absolute atomic E-state index is 0.0452. The highest BCUT2D eigenvalue weighted by Crippen LogP contribution is 2.15. The van der Waals surface area contributed by atoms with E-state index < -0.39 is 0 Å². The first kappa shape index (κ1) is 16.2. The van der Waals surface area contributed by atoms with E-state index in [1.165, 1.54) is 0 Å². The highest BCUT2D eigenvalue weighted by atomic mass is 32.2. The minimum Gasteiger partial charge on any atom is -0.396 e. The molecular weight excluding hydrogens is 222 g/mol. The van der Waals surface area contributed by atoms with Gasteiger partial charge in [0.2, 0.25) is 0 Å². The third-order valence-corrected chi connectivity index (χ3v) is 3.61. The Labute approximate surface area is 104 Å². The topological polar surface area (TPSA) is 41.5 Å². The normalized spacial score (nSPS) is 14.1. The van der Waals surface area contributed by atoms with Crippen LogP contribution in [0.3, 0.4) is 0 Å². The zero-order chi connectivity index (χ0) is 12.4. The van der Waals surface area contributed by atoms with Crippen molar-refractivity contribution in [1.82, 2.24) is 5.32 Å². The van der Waals surface area contributed by atoms with Gasteiger partial charge in [-0.15, -0.1) is 0 Å². The van der Waals surface area contributed by atoms with Crippen LogP contribution in [0.15, 0.2) is 0 Å². The second kappa shape index (κ2) is 9.28. The second-order valence-corrected chi connectivity index (χ2v) is 5.94. The minimum atomic E-state index is -0.0452. The summed E-state index contributed by atoms with van der Waals surface area (Å²) in [4.78, 5) is 0. The average molecular weight is 249 g/mol. The SMILES string of the molecule is COC(C)(C)CC(C)NCCSCCCO. The second-order valence-electron chi connectivity index (χ2n) is 4.71. The number of thioether (sulfide) groups is 1. The van der Waals surface area contributed by atoms with Gasteiger partial charge in [0.1, 0.15) is 0 Å². The van der Waals surface area contributed by atoms with Gasteiger partial charge >= 0.3 is 0 Å². The number of ether oxygens (including phenoxy) is 1. The first-order chi connectivity index (χ1) is 7.52. The van der Waals surface area contributed by atoms with Crippen LogP contribution in [0.5, 0.6) is 0 Å². The van der Waals surface area contributed by atoms with Crippen molar-refractivity contribution >= 4 is 11.8 Å². The summed E-state index contributed by atoms with van der Waals surface area (Å²) in [5.74, 6) is 2.16. The van der Waals surface area contributed by atoms with Crippen molar-refractivity contribution in [2.24, 2.45) is 0 Å². The molecule has 0 fully saturated rings. The summed E-state index contributed by atoms with van der Waals surface area (Å²) < 4.78 is 5.39. The van der Waals surface area contributed by atoms with Crippen LogP contribution in [0.25, 0.3) is 0 Å². The Hall–Kier alpha value is 0.230. The lowest BCUT2D eigenvalue weighted by Crippen LogP contribution is -2.36. The van der Waals surface area contributed by atoms with Gasteiger partial charge in [-0.05, 0) is 39.4 Å². The Morgan fingerprint density at radius 1 is 1.38 bits per heavy atom. The van der Waals surface area contributed by atoms with E-state index >= 15 is 0 Å². The predicted molar refractivity (Wildman–Crippen MR) is 72.2 cm³/mol. The molecule has 0 rings (SSSR count). The van der Waals surface area contributed by atoms with Gasteiger partial charge in [0.05, 0.1) is 5.60 Å². The number of hydrogen-bond donors (Lipinski definition) is 2. The molecule has 16 heavy (non-hydrogen) atoms. The van der Waals surface area contributed by atoms with Crippen molar-refractivity contribution in [1.29, 1.82) is 0 Å². The van der Waals surface area contributed by atoms with Crippen LogP contribution in [0.1, 0.15) is 33.6 Å². The third kappa shape index (κ3) is 9.46. The van der Waals surface area contributed by atoms with E-state index in [9.17, 15) is 0 Å². The number of nitrogens with one attached hydrogen (secondary N) is 1. The van der Waals surface area contributed by atoms with Crippen LogP contribution < -0.4 is 5.32 Å². The number of rotatable bonds is 10. The molecule has 0 aliphatic rings. The molecule has 98 valence electrons. The van der Waals surface area contributed by atoms with Crippen LogP contribution in [-0.4, -0.2) is 48.5 Å². The third-order valence-electron chi connectivity index (χ3n) is 2.54. The summed E-state index contributed by atoms with van der Waals surface area (Å²) >= 11 is 1.89. The summed E-state index contributed by atoms with van der Waals surface area (Å²) in [6.07, 6.45) is 1.92. The number of methoxy groups -OCH3 is 1. The molecule has 0 aliphatic heterocycles. The summed E-state index contributed by atoms with van der Waals surface area (Å²) in [5, 5.41) is 12.1. The first-order valence-electron chi connectivity index (χ1n) is 5.99. The van der Waals surface area contributed by atoms with Crippen molar-refractivity contribution in [3.8, 4) is 0 Å². The maximum absolute atomic E-state index is 8.62. The molecule has 0 saturated carbocycles. The lowest BCUT2D eigenvalue weighted by atomic mass is 10.00. The molecular formula is C12H27NO2S. The van der Waals surface area contributed by atoms with Crippen molar-refractivity contribution in [3.05, 3.63) is 0 Å². The molecule has 0 saturated heterocycles. The number of hydrogen-bond acceptors (Lipinski definition) is 4. The molecule has 1 unspecified atom stereocenters. The van der Waals surface area contributed by atoms with Gasteiger partial charge in [-0.3, -0.25) is 0 Å². The molecule has 0 aliphatic carbocycles. The van der Waals surface area contributed by atoms with Gasteiger partial charge in [0.25, 0.3) is 0 Å². The quantitative estimate of drug-likeness (QED) is 0.580. The zero-order valence-corrected chi connectivity index (χ0v) is 11.9. The van der Waals surface area contributed by atoms with Gasteiger partial charge in [0.15, 0.2) is 0 Å². The van der Waals surface area contributed by atoms with E-state index in [0.29, 0.717) is 12.6 Å². The van der Waals surface area contributed by atoms with E-state index in [0.717, 1.165) is 30.9 Å². The Morgan fingerprint density at radius 2 is 2.06 bits per heavy atom. The molecule has 0 bridgehead atoms. The first-order valence-corrected chi connectivity index (χ1v) is 7.14. The molecule has 0 amide bonds. The zero-order valence-electron chi connectivity index (χ0n) is 11.1. The molecule has 0 radical (unpaired) electrons. The molecule has 3 nitrogen and oxygen atoms in total. The van der Waals surface area contributed by atoms with Gasteiger partial charge in [0, 0.05) is 32.1 Å². The van der Waals surface area contributed by atoms with Crippen molar-refractivity contribution in [2.75, 3.05) is 31.8 Å². The van der Waals surface area contributed by atoms with Gasteiger partial charge in [-0.2, -0.15) is 11.8 Å². The van der Waals surface area contributed by atoms with E-state index in [1.807, 2.05) is 11.8 Å². The molecule has 0 aromatic rings.